The molecule has 1 aromatic heterocycles. The highest BCUT2D eigenvalue weighted by molar-refractivity contribution is 9.11. The molecule has 0 fully saturated rings. The maximum atomic E-state index is 5.91. The third-order valence-corrected chi connectivity index (χ3v) is 5.00. The van der Waals surface area contributed by atoms with Crippen molar-refractivity contribution >= 4 is 43.2 Å². The highest BCUT2D eigenvalue weighted by Crippen LogP contribution is 2.35. The molecule has 1 N–H and O–H groups in total. The molecule has 0 spiro atoms. The molecule has 0 unspecified atom stereocenters. The van der Waals surface area contributed by atoms with Crippen LogP contribution in [-0.4, -0.2) is 12.0 Å². The van der Waals surface area contributed by atoms with Crippen LogP contribution in [-0.2, 0) is 19.6 Å². The molecule has 0 atom stereocenters. The number of nitrogens with zero attached hydrogens (tertiary/aromatic N) is 1. The van der Waals surface area contributed by atoms with E-state index in [9.17, 15) is 0 Å². The van der Waals surface area contributed by atoms with Crippen LogP contribution in [0.4, 0.5) is 0 Å². The molecule has 0 radical (unpaired) electrons. The van der Waals surface area contributed by atoms with Crippen molar-refractivity contribution in [1.82, 2.24) is 10.3 Å². The summed E-state index contributed by atoms with van der Waals surface area (Å²) in [5.74, 6) is 0.819. The Kier molecular flexibility index (Phi) is 6.67. The quantitative estimate of drug-likeness (QED) is 0.672. The molecule has 0 aliphatic carbocycles. The summed E-state index contributed by atoms with van der Waals surface area (Å²) in [7, 11) is 1.93. The Hall–Kier alpha value is -0.430. The van der Waals surface area contributed by atoms with Crippen molar-refractivity contribution < 1.29 is 4.74 Å². The van der Waals surface area contributed by atoms with Gasteiger partial charge in [0, 0.05) is 11.9 Å². The van der Waals surface area contributed by atoms with Crippen molar-refractivity contribution in [2.75, 3.05) is 7.05 Å². The first-order valence-electron chi connectivity index (χ1n) is 6.82. The lowest BCUT2D eigenvalue weighted by atomic mass is 10.2. The fourth-order valence-corrected chi connectivity index (χ4v) is 4.34. The van der Waals surface area contributed by atoms with Gasteiger partial charge in [-0.05, 0) is 69.4 Å². The van der Waals surface area contributed by atoms with E-state index in [1.807, 2.05) is 7.05 Å². The molecular weight excluding hydrogens is 416 g/mol. The lowest BCUT2D eigenvalue weighted by Crippen LogP contribution is -2.05. The number of nitrogens with one attached hydrogen (secondary N) is 1. The van der Waals surface area contributed by atoms with E-state index in [0.29, 0.717) is 6.61 Å². The molecule has 1 heterocycles. The summed E-state index contributed by atoms with van der Waals surface area (Å²) in [5.41, 5.74) is 2.18. The second-order valence-electron chi connectivity index (χ2n) is 4.69. The van der Waals surface area contributed by atoms with Crippen molar-refractivity contribution in [3.63, 3.8) is 0 Å². The molecule has 0 aliphatic heterocycles. The van der Waals surface area contributed by atoms with Crippen LogP contribution in [0.5, 0.6) is 5.75 Å². The van der Waals surface area contributed by atoms with E-state index in [0.717, 1.165) is 39.8 Å². The normalized spacial score (nSPS) is 10.9. The van der Waals surface area contributed by atoms with E-state index in [-0.39, 0.29) is 0 Å². The molecule has 0 aliphatic rings. The standard InChI is InChI=1S/C15H18Br2N2OS/c1-3-4-14-19-11(9-21-14)8-20-15-12(16)5-10(7-18-2)6-13(15)17/h5-6,9,18H,3-4,7-8H2,1-2H3. The van der Waals surface area contributed by atoms with Gasteiger partial charge in [0.25, 0.3) is 0 Å². The molecule has 0 amide bonds. The predicted octanol–water partition coefficient (Wildman–Crippen LogP) is 4.92. The average molecular weight is 434 g/mol. The Morgan fingerprint density at radius 1 is 1.29 bits per heavy atom. The van der Waals surface area contributed by atoms with Gasteiger partial charge < -0.3 is 10.1 Å². The molecule has 2 rings (SSSR count). The lowest BCUT2D eigenvalue weighted by molar-refractivity contribution is 0.298. The molecule has 3 nitrogen and oxygen atoms in total. The summed E-state index contributed by atoms with van der Waals surface area (Å²) in [4.78, 5) is 4.57. The van der Waals surface area contributed by atoms with Crippen LogP contribution in [0.2, 0.25) is 0 Å². The Labute approximate surface area is 146 Å². The molecule has 114 valence electrons. The van der Waals surface area contributed by atoms with E-state index >= 15 is 0 Å². The van der Waals surface area contributed by atoms with E-state index in [4.69, 9.17) is 4.74 Å². The minimum Gasteiger partial charge on any atom is -0.485 e. The minimum absolute atomic E-state index is 0.489. The van der Waals surface area contributed by atoms with Gasteiger partial charge >= 0.3 is 0 Å². The minimum atomic E-state index is 0.489. The summed E-state index contributed by atoms with van der Waals surface area (Å²) in [6.07, 6.45) is 2.16. The van der Waals surface area contributed by atoms with Crippen LogP contribution in [0, 0.1) is 0 Å². The number of rotatable bonds is 7. The number of ether oxygens (including phenoxy) is 1. The number of halogens is 2. The third-order valence-electron chi connectivity index (χ3n) is 2.87. The van der Waals surface area contributed by atoms with Crippen molar-refractivity contribution in [1.29, 1.82) is 0 Å². The number of aromatic nitrogens is 1. The third kappa shape index (κ3) is 4.77. The van der Waals surface area contributed by atoms with E-state index in [2.05, 4.69) is 66.6 Å². The predicted molar refractivity (Wildman–Crippen MR) is 95.0 cm³/mol. The van der Waals surface area contributed by atoms with Gasteiger partial charge in [0.15, 0.2) is 0 Å². The van der Waals surface area contributed by atoms with Gasteiger partial charge in [-0.2, -0.15) is 0 Å². The van der Waals surface area contributed by atoms with Gasteiger partial charge in [-0.3, -0.25) is 0 Å². The zero-order chi connectivity index (χ0) is 15.2. The summed E-state index contributed by atoms with van der Waals surface area (Å²) >= 11 is 8.85. The molecule has 0 saturated heterocycles. The Balaban J connectivity index is 2.05. The van der Waals surface area contributed by atoms with Gasteiger partial charge in [0.05, 0.1) is 19.6 Å². The van der Waals surface area contributed by atoms with Gasteiger partial charge in [-0.25, -0.2) is 4.98 Å². The van der Waals surface area contributed by atoms with Crippen molar-refractivity contribution in [2.45, 2.75) is 32.9 Å². The fourth-order valence-electron chi connectivity index (χ4n) is 1.95. The van der Waals surface area contributed by atoms with Crippen molar-refractivity contribution in [3.8, 4) is 5.75 Å². The van der Waals surface area contributed by atoms with Crippen LogP contribution in [0.15, 0.2) is 26.5 Å². The second kappa shape index (κ2) is 8.27. The van der Waals surface area contributed by atoms with Crippen LogP contribution in [0.3, 0.4) is 0 Å². The van der Waals surface area contributed by atoms with Gasteiger partial charge in [-0.15, -0.1) is 11.3 Å². The molecule has 0 saturated carbocycles. The maximum Gasteiger partial charge on any atom is 0.148 e. The molecule has 6 heteroatoms. The zero-order valence-corrected chi connectivity index (χ0v) is 16.1. The van der Waals surface area contributed by atoms with Crippen LogP contribution in [0.1, 0.15) is 29.6 Å². The summed E-state index contributed by atoms with van der Waals surface area (Å²) in [5, 5.41) is 6.39. The Morgan fingerprint density at radius 2 is 2.00 bits per heavy atom. The van der Waals surface area contributed by atoms with Crippen molar-refractivity contribution in [3.05, 3.63) is 42.7 Å². The topological polar surface area (TPSA) is 34.1 Å². The zero-order valence-electron chi connectivity index (χ0n) is 12.1. The average Bonchev–Trinajstić information content (AvgIpc) is 2.86. The number of hydrogen-bond acceptors (Lipinski definition) is 4. The maximum absolute atomic E-state index is 5.91. The smallest absolute Gasteiger partial charge is 0.148 e. The highest BCUT2D eigenvalue weighted by atomic mass is 79.9. The number of thiazole rings is 1. The van der Waals surface area contributed by atoms with Crippen molar-refractivity contribution in [2.24, 2.45) is 0 Å². The SMILES string of the molecule is CCCc1nc(COc2c(Br)cc(CNC)cc2Br)cs1. The van der Waals surface area contributed by atoms with E-state index in [1.165, 1.54) is 10.6 Å². The molecule has 2 aromatic rings. The number of aryl methyl sites for hydroxylation is 1. The van der Waals surface area contributed by atoms with Crippen LogP contribution < -0.4 is 10.1 Å². The van der Waals surface area contributed by atoms with Crippen LogP contribution in [0.25, 0.3) is 0 Å². The summed E-state index contributed by atoms with van der Waals surface area (Å²) in [6, 6.07) is 4.14. The molecule has 0 bridgehead atoms. The Bertz CT molecular complexity index is 578. The van der Waals surface area contributed by atoms with Gasteiger partial charge in [0.2, 0.25) is 0 Å². The van der Waals surface area contributed by atoms with Gasteiger partial charge in [-0.1, -0.05) is 6.92 Å². The molecule has 1 aromatic carbocycles. The summed E-state index contributed by atoms with van der Waals surface area (Å²) in [6.45, 7) is 3.48. The lowest BCUT2D eigenvalue weighted by Gasteiger charge is -2.11. The fraction of sp³-hybridized carbons (Fsp3) is 0.400. The highest BCUT2D eigenvalue weighted by Gasteiger charge is 2.10. The summed E-state index contributed by atoms with van der Waals surface area (Å²) < 4.78 is 7.81. The molecular formula is C15H18Br2N2OS. The van der Waals surface area contributed by atoms with E-state index in [1.54, 1.807) is 11.3 Å². The first-order chi connectivity index (χ1) is 10.1. The first-order valence-corrected chi connectivity index (χ1v) is 9.29. The van der Waals surface area contributed by atoms with Crippen LogP contribution >= 0.6 is 43.2 Å². The Morgan fingerprint density at radius 3 is 2.62 bits per heavy atom. The number of hydrogen-bond donors (Lipinski definition) is 1. The second-order valence-corrected chi connectivity index (χ2v) is 7.34. The monoisotopic (exact) mass is 432 g/mol. The molecule has 21 heavy (non-hydrogen) atoms. The largest absolute Gasteiger partial charge is 0.485 e. The van der Waals surface area contributed by atoms with Gasteiger partial charge in [0.1, 0.15) is 12.4 Å². The van der Waals surface area contributed by atoms with E-state index < -0.39 is 0 Å². The first kappa shape index (κ1) is 16.9. The number of benzene rings is 1.